The maximum absolute atomic E-state index is 13.0. The molecule has 2 aromatic carbocycles. The van der Waals surface area contributed by atoms with Crippen molar-refractivity contribution < 1.29 is 9.59 Å². The van der Waals surface area contributed by atoms with Gasteiger partial charge in [0.05, 0.1) is 18.2 Å². The standard InChI is InChI=1S/C21H21N3O2/c1-3-6-15-9-11-18(12-10-15)21(2)19(25)24(20(26)23-21)14-17-8-5-4-7-16(17)13-22/h4-5,7-12H,3,6,14H2,1-2H3,(H,23,26)/t21-/m0/s1. The van der Waals surface area contributed by atoms with Crippen LogP contribution in [0.5, 0.6) is 0 Å². The van der Waals surface area contributed by atoms with Crippen LogP contribution in [-0.4, -0.2) is 16.8 Å². The average Bonchev–Trinajstić information content (AvgIpc) is 2.87. The van der Waals surface area contributed by atoms with Gasteiger partial charge < -0.3 is 5.32 Å². The monoisotopic (exact) mass is 347 g/mol. The topological polar surface area (TPSA) is 73.2 Å². The van der Waals surface area contributed by atoms with Gasteiger partial charge in [0, 0.05) is 0 Å². The lowest BCUT2D eigenvalue weighted by atomic mass is 9.91. The Balaban J connectivity index is 1.87. The molecule has 0 bridgehead atoms. The first-order valence-electron chi connectivity index (χ1n) is 8.71. The zero-order chi connectivity index (χ0) is 18.7. The van der Waals surface area contributed by atoms with E-state index in [4.69, 9.17) is 0 Å². The number of hydrogen-bond donors (Lipinski definition) is 1. The Bertz CT molecular complexity index is 883. The number of imide groups is 1. The van der Waals surface area contributed by atoms with Crippen molar-refractivity contribution in [3.63, 3.8) is 0 Å². The molecule has 3 amide bonds. The van der Waals surface area contributed by atoms with Gasteiger partial charge in [0.1, 0.15) is 5.54 Å². The second-order valence-corrected chi connectivity index (χ2v) is 6.66. The minimum Gasteiger partial charge on any atom is -0.319 e. The van der Waals surface area contributed by atoms with Gasteiger partial charge in [0.25, 0.3) is 5.91 Å². The Kier molecular flexibility index (Phi) is 4.77. The van der Waals surface area contributed by atoms with E-state index in [1.165, 1.54) is 10.5 Å². The van der Waals surface area contributed by atoms with Crippen LogP contribution in [0.25, 0.3) is 0 Å². The van der Waals surface area contributed by atoms with Crippen LogP contribution < -0.4 is 5.32 Å². The minimum atomic E-state index is -1.09. The molecule has 1 aliphatic rings. The third-order valence-corrected chi connectivity index (χ3v) is 4.81. The maximum atomic E-state index is 13.0. The number of amides is 3. The van der Waals surface area contributed by atoms with E-state index in [9.17, 15) is 14.9 Å². The highest BCUT2D eigenvalue weighted by molar-refractivity contribution is 6.07. The zero-order valence-electron chi connectivity index (χ0n) is 15.0. The van der Waals surface area contributed by atoms with Crippen LogP contribution in [0.1, 0.15) is 42.5 Å². The SMILES string of the molecule is CCCc1ccc([C@]2(C)NC(=O)N(Cc3ccccc3C#N)C2=O)cc1. The number of benzene rings is 2. The van der Waals surface area contributed by atoms with Crippen molar-refractivity contribution in [2.24, 2.45) is 0 Å². The summed E-state index contributed by atoms with van der Waals surface area (Å²) < 4.78 is 0. The van der Waals surface area contributed by atoms with Crippen molar-refractivity contribution in [1.82, 2.24) is 10.2 Å². The predicted molar refractivity (Wildman–Crippen MR) is 98.0 cm³/mol. The van der Waals surface area contributed by atoms with Gasteiger partial charge in [-0.3, -0.25) is 9.69 Å². The Labute approximate surface area is 153 Å². The highest BCUT2D eigenvalue weighted by atomic mass is 16.2. The van der Waals surface area contributed by atoms with Crippen molar-refractivity contribution in [2.75, 3.05) is 0 Å². The first kappa shape index (κ1) is 17.7. The van der Waals surface area contributed by atoms with Gasteiger partial charge in [0.2, 0.25) is 0 Å². The second-order valence-electron chi connectivity index (χ2n) is 6.66. The van der Waals surface area contributed by atoms with Gasteiger partial charge in [0.15, 0.2) is 0 Å². The number of rotatable bonds is 5. The van der Waals surface area contributed by atoms with Gasteiger partial charge >= 0.3 is 6.03 Å². The molecule has 0 aliphatic carbocycles. The van der Waals surface area contributed by atoms with E-state index >= 15 is 0 Å². The number of nitrogens with zero attached hydrogens (tertiary/aromatic N) is 2. The predicted octanol–water partition coefficient (Wildman–Crippen LogP) is 3.48. The molecule has 1 N–H and O–H groups in total. The zero-order valence-corrected chi connectivity index (χ0v) is 15.0. The van der Waals surface area contributed by atoms with E-state index in [2.05, 4.69) is 18.3 Å². The smallest absolute Gasteiger partial charge is 0.319 e. The molecule has 132 valence electrons. The molecule has 0 radical (unpaired) electrons. The molecule has 1 atom stereocenters. The number of hydrogen-bond acceptors (Lipinski definition) is 3. The van der Waals surface area contributed by atoms with Crippen LogP contribution in [-0.2, 0) is 23.3 Å². The fraction of sp³-hybridized carbons (Fsp3) is 0.286. The Morgan fingerprint density at radius 3 is 2.46 bits per heavy atom. The number of carbonyl (C=O) groups is 2. The molecule has 5 heteroatoms. The summed E-state index contributed by atoms with van der Waals surface area (Å²) in [7, 11) is 0. The fourth-order valence-corrected chi connectivity index (χ4v) is 3.27. The molecule has 0 spiro atoms. The van der Waals surface area contributed by atoms with Crippen LogP contribution in [0.15, 0.2) is 48.5 Å². The molecular formula is C21H21N3O2. The molecule has 1 saturated heterocycles. The molecule has 1 heterocycles. The van der Waals surface area contributed by atoms with Crippen molar-refractivity contribution in [3.8, 4) is 6.07 Å². The fourth-order valence-electron chi connectivity index (χ4n) is 3.27. The van der Waals surface area contributed by atoms with Gasteiger partial charge in [-0.05, 0) is 36.1 Å². The molecule has 0 saturated carbocycles. The van der Waals surface area contributed by atoms with Crippen LogP contribution in [0.2, 0.25) is 0 Å². The van der Waals surface area contributed by atoms with E-state index in [0.717, 1.165) is 18.4 Å². The van der Waals surface area contributed by atoms with E-state index < -0.39 is 11.6 Å². The van der Waals surface area contributed by atoms with Crippen LogP contribution in [0.3, 0.4) is 0 Å². The number of nitriles is 1. The Hall–Kier alpha value is -3.13. The van der Waals surface area contributed by atoms with E-state index in [0.29, 0.717) is 11.1 Å². The van der Waals surface area contributed by atoms with Gasteiger partial charge in [-0.25, -0.2) is 4.79 Å². The third kappa shape index (κ3) is 3.06. The lowest BCUT2D eigenvalue weighted by Gasteiger charge is -2.22. The van der Waals surface area contributed by atoms with Crippen molar-refractivity contribution >= 4 is 11.9 Å². The summed E-state index contributed by atoms with van der Waals surface area (Å²) >= 11 is 0. The molecule has 5 nitrogen and oxygen atoms in total. The number of carbonyl (C=O) groups excluding carboxylic acids is 2. The molecule has 1 aliphatic heterocycles. The molecule has 0 unspecified atom stereocenters. The molecule has 1 fully saturated rings. The summed E-state index contributed by atoms with van der Waals surface area (Å²) in [6.07, 6.45) is 2.03. The van der Waals surface area contributed by atoms with Gasteiger partial charge in [-0.2, -0.15) is 5.26 Å². The number of nitrogens with one attached hydrogen (secondary N) is 1. The Morgan fingerprint density at radius 1 is 1.12 bits per heavy atom. The van der Waals surface area contributed by atoms with Crippen LogP contribution >= 0.6 is 0 Å². The molecule has 3 rings (SSSR count). The average molecular weight is 347 g/mol. The molecular weight excluding hydrogens is 326 g/mol. The minimum absolute atomic E-state index is 0.0813. The summed E-state index contributed by atoms with van der Waals surface area (Å²) in [5, 5.41) is 12.0. The lowest BCUT2D eigenvalue weighted by molar-refractivity contribution is -0.131. The van der Waals surface area contributed by atoms with E-state index in [1.807, 2.05) is 24.3 Å². The molecule has 26 heavy (non-hydrogen) atoms. The summed E-state index contributed by atoms with van der Waals surface area (Å²) in [5.74, 6) is -0.307. The van der Waals surface area contributed by atoms with E-state index in [-0.39, 0.29) is 12.5 Å². The lowest BCUT2D eigenvalue weighted by Crippen LogP contribution is -2.40. The van der Waals surface area contributed by atoms with Crippen LogP contribution in [0.4, 0.5) is 4.79 Å². The van der Waals surface area contributed by atoms with Crippen molar-refractivity contribution in [1.29, 1.82) is 5.26 Å². The van der Waals surface area contributed by atoms with Crippen molar-refractivity contribution in [3.05, 3.63) is 70.8 Å². The van der Waals surface area contributed by atoms with Gasteiger partial charge in [-0.15, -0.1) is 0 Å². The first-order valence-corrected chi connectivity index (χ1v) is 8.71. The highest BCUT2D eigenvalue weighted by Gasteiger charge is 2.48. The normalized spacial score (nSPS) is 19.3. The summed E-state index contributed by atoms with van der Waals surface area (Å²) in [6.45, 7) is 3.92. The van der Waals surface area contributed by atoms with Crippen molar-refractivity contribution in [2.45, 2.75) is 38.8 Å². The van der Waals surface area contributed by atoms with E-state index in [1.54, 1.807) is 31.2 Å². The quantitative estimate of drug-likeness (QED) is 0.842. The first-order chi connectivity index (χ1) is 12.5. The Morgan fingerprint density at radius 2 is 1.81 bits per heavy atom. The molecule has 0 aromatic heterocycles. The van der Waals surface area contributed by atoms with Gasteiger partial charge in [-0.1, -0.05) is 55.8 Å². The highest BCUT2D eigenvalue weighted by Crippen LogP contribution is 2.30. The number of urea groups is 1. The number of aryl methyl sites for hydroxylation is 1. The third-order valence-electron chi connectivity index (χ3n) is 4.81. The largest absolute Gasteiger partial charge is 0.325 e. The molecule has 2 aromatic rings. The summed E-state index contributed by atoms with van der Waals surface area (Å²) in [5.41, 5.74) is 1.98. The summed E-state index contributed by atoms with van der Waals surface area (Å²) in [4.78, 5) is 26.6. The summed E-state index contributed by atoms with van der Waals surface area (Å²) in [6, 6.07) is 16.4. The second kappa shape index (κ2) is 7.01. The van der Waals surface area contributed by atoms with Crippen LogP contribution in [0, 0.1) is 11.3 Å². The maximum Gasteiger partial charge on any atom is 0.325 e.